The van der Waals surface area contributed by atoms with E-state index in [2.05, 4.69) is 26.0 Å². The molecule has 1 aromatic carbocycles. The SMILES string of the molecule is Nc1c(Br)c(N2CCS(=O)(=O)CC2)nc2c(-c3ccc(-c4ccccc4)nc3)cnn12. The van der Waals surface area contributed by atoms with Crippen molar-refractivity contribution in [2.45, 2.75) is 0 Å². The third-order valence-corrected chi connectivity index (χ3v) is 7.76. The van der Waals surface area contributed by atoms with Crippen molar-refractivity contribution in [2.24, 2.45) is 0 Å². The van der Waals surface area contributed by atoms with Crippen LogP contribution >= 0.6 is 15.9 Å². The van der Waals surface area contributed by atoms with Gasteiger partial charge in [0, 0.05) is 36.0 Å². The number of rotatable bonds is 3. The third kappa shape index (κ3) is 3.66. The van der Waals surface area contributed by atoms with Gasteiger partial charge in [-0.3, -0.25) is 4.98 Å². The van der Waals surface area contributed by atoms with Crippen molar-refractivity contribution >= 4 is 43.1 Å². The smallest absolute Gasteiger partial charge is 0.167 e. The highest BCUT2D eigenvalue weighted by Crippen LogP contribution is 2.34. The summed E-state index contributed by atoms with van der Waals surface area (Å²) in [5, 5.41) is 4.40. The molecule has 1 fully saturated rings. The van der Waals surface area contributed by atoms with Crippen LogP contribution in [0.4, 0.5) is 11.6 Å². The second-order valence-electron chi connectivity index (χ2n) is 7.37. The number of nitrogens with two attached hydrogens (primary N) is 1. The zero-order chi connectivity index (χ0) is 21.6. The van der Waals surface area contributed by atoms with Gasteiger partial charge in [-0.1, -0.05) is 36.4 Å². The summed E-state index contributed by atoms with van der Waals surface area (Å²) in [6.45, 7) is 0.751. The van der Waals surface area contributed by atoms with Crippen LogP contribution in [0.1, 0.15) is 0 Å². The highest BCUT2D eigenvalue weighted by atomic mass is 79.9. The number of pyridine rings is 1. The molecule has 1 aliphatic heterocycles. The normalized spacial score (nSPS) is 16.0. The van der Waals surface area contributed by atoms with Gasteiger partial charge in [-0.25, -0.2) is 13.4 Å². The van der Waals surface area contributed by atoms with Crippen LogP contribution < -0.4 is 10.6 Å². The van der Waals surface area contributed by atoms with E-state index in [1.165, 1.54) is 0 Å². The summed E-state index contributed by atoms with van der Waals surface area (Å²) in [5.74, 6) is 1.23. The maximum Gasteiger partial charge on any atom is 0.167 e. The Morgan fingerprint density at radius 1 is 0.968 bits per heavy atom. The van der Waals surface area contributed by atoms with Crippen LogP contribution in [0, 0.1) is 0 Å². The first-order chi connectivity index (χ1) is 14.9. The highest BCUT2D eigenvalue weighted by molar-refractivity contribution is 9.10. The molecule has 31 heavy (non-hydrogen) atoms. The number of nitrogen functional groups attached to an aromatic ring is 1. The number of halogens is 1. The van der Waals surface area contributed by atoms with Crippen LogP contribution in [-0.4, -0.2) is 52.6 Å². The van der Waals surface area contributed by atoms with Crippen LogP contribution in [0.25, 0.3) is 28.0 Å². The lowest BCUT2D eigenvalue weighted by Gasteiger charge is -2.28. The molecule has 1 saturated heterocycles. The van der Waals surface area contributed by atoms with E-state index in [1.807, 2.05) is 47.4 Å². The van der Waals surface area contributed by atoms with E-state index >= 15 is 0 Å². The number of anilines is 2. The molecule has 8 nitrogen and oxygen atoms in total. The molecule has 158 valence electrons. The molecule has 0 saturated carbocycles. The predicted molar refractivity (Wildman–Crippen MR) is 125 cm³/mol. The number of fused-ring (bicyclic) bond motifs is 1. The molecule has 0 radical (unpaired) electrons. The van der Waals surface area contributed by atoms with Gasteiger partial charge in [0.15, 0.2) is 15.5 Å². The van der Waals surface area contributed by atoms with Crippen molar-refractivity contribution in [3.8, 4) is 22.4 Å². The maximum atomic E-state index is 11.8. The summed E-state index contributed by atoms with van der Waals surface area (Å²) in [6, 6.07) is 13.9. The Labute approximate surface area is 187 Å². The summed E-state index contributed by atoms with van der Waals surface area (Å²) in [7, 11) is -3.00. The highest BCUT2D eigenvalue weighted by Gasteiger charge is 2.26. The van der Waals surface area contributed by atoms with Gasteiger partial charge in [-0.2, -0.15) is 9.61 Å². The molecular formula is C21H19BrN6O2S. The number of aromatic nitrogens is 4. The van der Waals surface area contributed by atoms with Crippen molar-refractivity contribution in [2.75, 3.05) is 35.2 Å². The fourth-order valence-corrected chi connectivity index (χ4v) is 5.36. The van der Waals surface area contributed by atoms with Gasteiger partial charge in [0.05, 0.1) is 23.4 Å². The molecule has 0 amide bonds. The van der Waals surface area contributed by atoms with E-state index in [4.69, 9.17) is 10.7 Å². The summed E-state index contributed by atoms with van der Waals surface area (Å²) in [5.41, 5.74) is 10.5. The fourth-order valence-electron chi connectivity index (χ4n) is 3.65. The molecule has 0 unspecified atom stereocenters. The summed E-state index contributed by atoms with van der Waals surface area (Å²) >= 11 is 3.51. The number of sulfone groups is 1. The fraction of sp³-hybridized carbons (Fsp3) is 0.190. The van der Waals surface area contributed by atoms with Crippen LogP contribution in [0.5, 0.6) is 0 Å². The first kappa shape index (κ1) is 20.0. The van der Waals surface area contributed by atoms with E-state index in [0.717, 1.165) is 22.4 Å². The number of hydrogen-bond acceptors (Lipinski definition) is 7. The Hall–Kier alpha value is -2.98. The van der Waals surface area contributed by atoms with Gasteiger partial charge in [0.1, 0.15) is 16.1 Å². The zero-order valence-electron chi connectivity index (χ0n) is 16.4. The molecule has 3 aromatic heterocycles. The van der Waals surface area contributed by atoms with Crippen molar-refractivity contribution in [1.82, 2.24) is 19.6 Å². The summed E-state index contributed by atoms with van der Waals surface area (Å²) < 4.78 is 25.8. The Kier molecular flexibility index (Phi) is 4.90. The molecule has 2 N–H and O–H groups in total. The van der Waals surface area contributed by atoms with Crippen molar-refractivity contribution in [3.05, 3.63) is 59.3 Å². The number of hydrogen-bond donors (Lipinski definition) is 1. The van der Waals surface area contributed by atoms with Crippen LogP contribution in [-0.2, 0) is 9.84 Å². The zero-order valence-corrected chi connectivity index (χ0v) is 18.8. The molecule has 0 atom stereocenters. The summed E-state index contributed by atoms with van der Waals surface area (Å²) in [4.78, 5) is 11.3. The average molecular weight is 499 g/mol. The van der Waals surface area contributed by atoms with Crippen molar-refractivity contribution in [1.29, 1.82) is 0 Å². The minimum absolute atomic E-state index is 0.100. The lowest BCUT2D eigenvalue weighted by atomic mass is 10.1. The first-order valence-electron chi connectivity index (χ1n) is 9.73. The lowest BCUT2D eigenvalue weighted by Crippen LogP contribution is -2.41. The topological polar surface area (TPSA) is 106 Å². The molecule has 10 heteroatoms. The molecule has 4 heterocycles. The van der Waals surface area contributed by atoms with Crippen LogP contribution in [0.2, 0.25) is 0 Å². The van der Waals surface area contributed by atoms with Crippen molar-refractivity contribution in [3.63, 3.8) is 0 Å². The van der Waals surface area contributed by atoms with Gasteiger partial charge >= 0.3 is 0 Å². The number of nitrogens with zero attached hydrogens (tertiary/aromatic N) is 5. The average Bonchev–Trinajstić information content (AvgIpc) is 3.21. The van der Waals surface area contributed by atoms with Gasteiger partial charge in [-0.05, 0) is 22.0 Å². The molecule has 5 rings (SSSR count). The van der Waals surface area contributed by atoms with E-state index in [1.54, 1.807) is 16.9 Å². The quantitative estimate of drug-likeness (QED) is 0.462. The van der Waals surface area contributed by atoms with Gasteiger partial charge in [0.2, 0.25) is 0 Å². The maximum absolute atomic E-state index is 11.8. The van der Waals surface area contributed by atoms with Crippen LogP contribution in [0.3, 0.4) is 0 Å². The lowest BCUT2D eigenvalue weighted by molar-refractivity contribution is 0.586. The van der Waals surface area contributed by atoms with E-state index in [-0.39, 0.29) is 11.5 Å². The molecule has 0 spiro atoms. The monoisotopic (exact) mass is 498 g/mol. The summed E-state index contributed by atoms with van der Waals surface area (Å²) in [6.07, 6.45) is 3.52. The number of benzene rings is 1. The second kappa shape index (κ2) is 7.61. The standard InChI is InChI=1S/C21H19BrN6O2S/c22-18-19(23)28-20(26-21(18)27-8-10-31(29,30)11-9-27)16(13-25-28)15-6-7-17(24-12-15)14-4-2-1-3-5-14/h1-7,12-13H,8-11,23H2. The van der Waals surface area contributed by atoms with Crippen LogP contribution in [0.15, 0.2) is 59.3 Å². The second-order valence-corrected chi connectivity index (χ2v) is 10.5. The van der Waals surface area contributed by atoms with E-state index < -0.39 is 9.84 Å². The Morgan fingerprint density at radius 2 is 1.71 bits per heavy atom. The molecule has 0 aliphatic carbocycles. The Balaban J connectivity index is 1.55. The molecule has 4 aromatic rings. The molecule has 1 aliphatic rings. The Bertz CT molecular complexity index is 1360. The molecular weight excluding hydrogens is 480 g/mol. The molecule has 0 bridgehead atoms. The van der Waals surface area contributed by atoms with Gasteiger partial charge in [0.25, 0.3) is 0 Å². The van der Waals surface area contributed by atoms with E-state index in [0.29, 0.717) is 34.8 Å². The van der Waals surface area contributed by atoms with Gasteiger partial charge < -0.3 is 10.6 Å². The van der Waals surface area contributed by atoms with Crippen molar-refractivity contribution < 1.29 is 8.42 Å². The van der Waals surface area contributed by atoms with E-state index in [9.17, 15) is 8.42 Å². The minimum atomic E-state index is -3.00. The van der Waals surface area contributed by atoms with Gasteiger partial charge in [-0.15, -0.1) is 0 Å². The first-order valence-corrected chi connectivity index (χ1v) is 12.3. The third-order valence-electron chi connectivity index (χ3n) is 5.39. The Morgan fingerprint density at radius 3 is 2.39 bits per heavy atom. The minimum Gasteiger partial charge on any atom is -0.383 e. The predicted octanol–water partition coefficient (Wildman–Crippen LogP) is 3.04. The largest absolute Gasteiger partial charge is 0.383 e.